The first-order valence-electron chi connectivity index (χ1n) is 8.28. The van der Waals surface area contributed by atoms with Gasteiger partial charge in [-0.3, -0.25) is 4.79 Å². The maximum absolute atomic E-state index is 12.7. The summed E-state index contributed by atoms with van der Waals surface area (Å²) in [5.74, 6) is -0.100. The van der Waals surface area contributed by atoms with Crippen molar-refractivity contribution in [3.63, 3.8) is 0 Å². The highest BCUT2D eigenvalue weighted by Gasteiger charge is 2.30. The van der Waals surface area contributed by atoms with Gasteiger partial charge in [0.15, 0.2) is 0 Å². The van der Waals surface area contributed by atoms with E-state index in [-0.39, 0.29) is 16.8 Å². The lowest BCUT2D eigenvalue weighted by Crippen LogP contribution is -2.46. The van der Waals surface area contributed by atoms with E-state index in [9.17, 15) is 13.2 Å². The Labute approximate surface area is 157 Å². The molecule has 2 aromatic rings. The Morgan fingerprint density at radius 1 is 1.19 bits per heavy atom. The van der Waals surface area contributed by atoms with Crippen molar-refractivity contribution in [1.29, 1.82) is 5.26 Å². The summed E-state index contributed by atoms with van der Waals surface area (Å²) in [6.45, 7) is 2.67. The van der Waals surface area contributed by atoms with E-state index in [0.717, 1.165) is 4.88 Å². The van der Waals surface area contributed by atoms with Crippen molar-refractivity contribution in [2.45, 2.75) is 30.7 Å². The average molecular weight is 390 g/mol. The van der Waals surface area contributed by atoms with Crippen molar-refractivity contribution < 1.29 is 13.2 Å². The quantitative estimate of drug-likeness (QED) is 0.870. The molecule has 0 atom stereocenters. The summed E-state index contributed by atoms with van der Waals surface area (Å²) < 4.78 is 26.8. The van der Waals surface area contributed by atoms with Crippen molar-refractivity contribution in [1.82, 2.24) is 9.62 Å². The van der Waals surface area contributed by atoms with E-state index < -0.39 is 10.0 Å². The van der Waals surface area contributed by atoms with Crippen molar-refractivity contribution >= 4 is 27.3 Å². The highest BCUT2D eigenvalue weighted by Crippen LogP contribution is 2.22. The van der Waals surface area contributed by atoms with E-state index in [1.165, 1.54) is 39.9 Å². The average Bonchev–Trinajstić information content (AvgIpc) is 3.09. The third kappa shape index (κ3) is 3.96. The standard InChI is InChI=1S/C18H19N3O3S2/c1-13-2-7-17(25-13)18(22)20-15-8-10-21(11-9-15)26(23,24)16-5-3-14(12-19)4-6-16/h2-7,15H,8-11H2,1H3,(H,20,22). The lowest BCUT2D eigenvalue weighted by molar-refractivity contribution is 0.0928. The molecular weight excluding hydrogens is 370 g/mol. The van der Waals surface area contributed by atoms with E-state index in [2.05, 4.69) is 5.32 Å². The van der Waals surface area contributed by atoms with Crippen LogP contribution in [0.1, 0.15) is 33.0 Å². The number of benzene rings is 1. The van der Waals surface area contributed by atoms with Gasteiger partial charge in [0.2, 0.25) is 10.0 Å². The largest absolute Gasteiger partial charge is 0.349 e. The zero-order chi connectivity index (χ0) is 18.7. The van der Waals surface area contributed by atoms with Gasteiger partial charge < -0.3 is 5.32 Å². The molecular formula is C18H19N3O3S2. The molecule has 1 aromatic carbocycles. The molecule has 8 heteroatoms. The second-order valence-corrected chi connectivity index (χ2v) is 9.42. The fraction of sp³-hybridized carbons (Fsp3) is 0.333. The first kappa shape index (κ1) is 18.6. The molecule has 2 heterocycles. The first-order chi connectivity index (χ1) is 12.4. The van der Waals surface area contributed by atoms with Crippen LogP contribution in [-0.2, 0) is 10.0 Å². The smallest absolute Gasteiger partial charge is 0.261 e. The van der Waals surface area contributed by atoms with E-state index in [4.69, 9.17) is 5.26 Å². The number of carbonyl (C=O) groups excluding carboxylic acids is 1. The topological polar surface area (TPSA) is 90.3 Å². The second kappa shape index (κ2) is 7.58. The number of amides is 1. The number of nitriles is 1. The third-order valence-electron chi connectivity index (χ3n) is 4.37. The minimum atomic E-state index is -3.57. The van der Waals surface area contributed by atoms with Crippen molar-refractivity contribution in [3.05, 3.63) is 51.7 Å². The summed E-state index contributed by atoms with van der Waals surface area (Å²) in [7, 11) is -3.57. The lowest BCUT2D eigenvalue weighted by Gasteiger charge is -2.31. The second-order valence-electron chi connectivity index (χ2n) is 6.20. The van der Waals surface area contributed by atoms with Gasteiger partial charge in [-0.25, -0.2) is 8.42 Å². The molecule has 0 aliphatic carbocycles. The Morgan fingerprint density at radius 3 is 2.38 bits per heavy atom. The predicted molar refractivity (Wildman–Crippen MR) is 99.5 cm³/mol. The molecule has 0 unspecified atom stereocenters. The minimum absolute atomic E-state index is 0.0303. The Bertz CT molecular complexity index is 935. The molecule has 1 aliphatic rings. The molecule has 3 rings (SSSR count). The van der Waals surface area contributed by atoms with Gasteiger partial charge in [-0.2, -0.15) is 9.57 Å². The zero-order valence-electron chi connectivity index (χ0n) is 14.3. The van der Waals surface area contributed by atoms with Gasteiger partial charge in [0.1, 0.15) is 0 Å². The first-order valence-corrected chi connectivity index (χ1v) is 10.5. The monoisotopic (exact) mass is 389 g/mol. The summed E-state index contributed by atoms with van der Waals surface area (Å²) >= 11 is 1.45. The normalized spacial score (nSPS) is 16.2. The Hall–Kier alpha value is -2.21. The number of nitrogens with one attached hydrogen (secondary N) is 1. The third-order valence-corrected chi connectivity index (χ3v) is 7.29. The number of hydrogen-bond acceptors (Lipinski definition) is 5. The molecule has 0 bridgehead atoms. The summed E-state index contributed by atoms with van der Waals surface area (Å²) in [6, 6.07) is 11.6. The minimum Gasteiger partial charge on any atom is -0.349 e. The molecule has 1 saturated heterocycles. The molecule has 136 valence electrons. The van der Waals surface area contributed by atoms with Gasteiger partial charge in [0, 0.05) is 24.0 Å². The van der Waals surface area contributed by atoms with Gasteiger partial charge in [0.05, 0.1) is 21.4 Å². The van der Waals surface area contributed by atoms with E-state index >= 15 is 0 Å². The lowest BCUT2D eigenvalue weighted by atomic mass is 10.1. The number of sulfonamides is 1. The van der Waals surface area contributed by atoms with Crippen LogP contribution in [0.2, 0.25) is 0 Å². The highest BCUT2D eigenvalue weighted by molar-refractivity contribution is 7.89. The van der Waals surface area contributed by atoms with Crippen LogP contribution >= 0.6 is 11.3 Å². The van der Waals surface area contributed by atoms with E-state index in [0.29, 0.717) is 36.4 Å². The molecule has 0 spiro atoms. The van der Waals surface area contributed by atoms with Gasteiger partial charge in [-0.15, -0.1) is 11.3 Å². The molecule has 1 fully saturated rings. The Balaban J connectivity index is 1.60. The van der Waals surface area contributed by atoms with Crippen LogP contribution in [0.5, 0.6) is 0 Å². The summed E-state index contributed by atoms with van der Waals surface area (Å²) in [6.07, 6.45) is 1.15. The number of thiophene rings is 1. The molecule has 1 N–H and O–H groups in total. The predicted octanol–water partition coefficient (Wildman–Crippen LogP) is 2.51. The van der Waals surface area contributed by atoms with Crippen LogP contribution in [0.25, 0.3) is 0 Å². The van der Waals surface area contributed by atoms with Crippen LogP contribution in [0.4, 0.5) is 0 Å². The maximum Gasteiger partial charge on any atom is 0.261 e. The number of aryl methyl sites for hydroxylation is 1. The number of piperidine rings is 1. The van der Waals surface area contributed by atoms with Gasteiger partial charge in [-0.05, 0) is 56.2 Å². The van der Waals surface area contributed by atoms with Crippen molar-refractivity contribution in [3.8, 4) is 6.07 Å². The molecule has 0 saturated carbocycles. The number of nitrogens with zero attached hydrogens (tertiary/aromatic N) is 2. The number of hydrogen-bond donors (Lipinski definition) is 1. The van der Waals surface area contributed by atoms with Crippen LogP contribution in [0, 0.1) is 18.3 Å². The number of rotatable bonds is 4. The fourth-order valence-corrected chi connectivity index (χ4v) is 5.14. The molecule has 0 radical (unpaired) electrons. The summed E-state index contributed by atoms with van der Waals surface area (Å²) in [5.41, 5.74) is 0.425. The summed E-state index contributed by atoms with van der Waals surface area (Å²) in [4.78, 5) is 14.2. The molecule has 1 aromatic heterocycles. The zero-order valence-corrected chi connectivity index (χ0v) is 15.9. The van der Waals surface area contributed by atoms with E-state index in [1.807, 2.05) is 19.1 Å². The van der Waals surface area contributed by atoms with Crippen LogP contribution in [-0.4, -0.2) is 37.8 Å². The van der Waals surface area contributed by atoms with E-state index in [1.54, 1.807) is 6.07 Å². The Morgan fingerprint density at radius 2 is 1.85 bits per heavy atom. The number of carbonyl (C=O) groups is 1. The fourth-order valence-electron chi connectivity index (χ4n) is 2.90. The molecule has 26 heavy (non-hydrogen) atoms. The maximum atomic E-state index is 12.7. The molecule has 1 aliphatic heterocycles. The van der Waals surface area contributed by atoms with Crippen LogP contribution < -0.4 is 5.32 Å². The van der Waals surface area contributed by atoms with Gasteiger partial charge in [-0.1, -0.05) is 0 Å². The SMILES string of the molecule is Cc1ccc(C(=O)NC2CCN(S(=O)(=O)c3ccc(C#N)cc3)CC2)s1. The summed E-state index contributed by atoms with van der Waals surface area (Å²) in [5, 5.41) is 11.8. The van der Waals surface area contributed by atoms with Crippen molar-refractivity contribution in [2.75, 3.05) is 13.1 Å². The van der Waals surface area contributed by atoms with Crippen LogP contribution in [0.15, 0.2) is 41.3 Å². The molecule has 6 nitrogen and oxygen atoms in total. The van der Waals surface area contributed by atoms with Crippen LogP contribution in [0.3, 0.4) is 0 Å². The van der Waals surface area contributed by atoms with Gasteiger partial charge in [0.25, 0.3) is 5.91 Å². The highest BCUT2D eigenvalue weighted by atomic mass is 32.2. The Kier molecular flexibility index (Phi) is 5.41. The van der Waals surface area contributed by atoms with Gasteiger partial charge >= 0.3 is 0 Å². The molecule has 1 amide bonds. The van der Waals surface area contributed by atoms with Crippen molar-refractivity contribution in [2.24, 2.45) is 0 Å².